The van der Waals surface area contributed by atoms with Crippen LogP contribution in [-0.4, -0.2) is 54.5 Å². The summed E-state index contributed by atoms with van der Waals surface area (Å²) in [5, 5.41) is 6.19. The second-order valence-electron chi connectivity index (χ2n) is 6.60. The van der Waals surface area contributed by atoms with Gasteiger partial charge in [0.2, 0.25) is 11.8 Å². The minimum atomic E-state index is -0.815. The number of hydrogen-bond donors (Lipinski definition) is 2. The molecule has 0 radical (unpaired) electrons. The van der Waals surface area contributed by atoms with Crippen molar-refractivity contribution in [1.29, 1.82) is 0 Å². The van der Waals surface area contributed by atoms with Gasteiger partial charge >= 0.3 is 0 Å². The highest BCUT2D eigenvalue weighted by atomic mass is 35.5. The molecule has 2 heterocycles. The van der Waals surface area contributed by atoms with Crippen molar-refractivity contribution in [1.82, 2.24) is 15.5 Å². The SMILES string of the molecule is CC(=O)NC1CCN(C(=O)[C@H]2OCC(=O)N[C@@H]2c2ccccc2Cl)CC1. The molecule has 0 saturated carbocycles. The molecule has 0 bridgehead atoms. The second kappa shape index (κ2) is 8.05. The van der Waals surface area contributed by atoms with Crippen molar-refractivity contribution in [2.24, 2.45) is 0 Å². The van der Waals surface area contributed by atoms with Gasteiger partial charge in [-0.15, -0.1) is 0 Å². The maximum Gasteiger partial charge on any atom is 0.254 e. The Hall–Kier alpha value is -2.12. The predicted molar refractivity (Wildman–Crippen MR) is 95.5 cm³/mol. The van der Waals surface area contributed by atoms with Crippen LogP contribution in [-0.2, 0) is 19.1 Å². The Balaban J connectivity index is 1.72. The van der Waals surface area contributed by atoms with Crippen LogP contribution in [0.25, 0.3) is 0 Å². The van der Waals surface area contributed by atoms with E-state index < -0.39 is 12.1 Å². The predicted octanol–water partition coefficient (Wildman–Crippen LogP) is 1.02. The molecule has 2 N–H and O–H groups in total. The van der Waals surface area contributed by atoms with Crippen LogP contribution < -0.4 is 10.6 Å². The third kappa shape index (κ3) is 4.16. The molecule has 0 spiro atoms. The van der Waals surface area contributed by atoms with Crippen LogP contribution in [0.5, 0.6) is 0 Å². The first-order valence-corrected chi connectivity index (χ1v) is 9.05. The van der Waals surface area contributed by atoms with E-state index >= 15 is 0 Å². The Kier molecular flexibility index (Phi) is 5.78. The number of benzene rings is 1. The van der Waals surface area contributed by atoms with E-state index in [9.17, 15) is 14.4 Å². The van der Waals surface area contributed by atoms with E-state index in [1.807, 2.05) is 6.07 Å². The van der Waals surface area contributed by atoms with E-state index in [1.54, 1.807) is 23.1 Å². The van der Waals surface area contributed by atoms with E-state index in [0.717, 1.165) is 0 Å². The van der Waals surface area contributed by atoms with Crippen LogP contribution in [0.3, 0.4) is 0 Å². The number of piperidine rings is 1. The van der Waals surface area contributed by atoms with Gasteiger partial charge in [0.05, 0.1) is 6.04 Å². The zero-order valence-electron chi connectivity index (χ0n) is 14.5. The van der Waals surface area contributed by atoms with Crippen molar-refractivity contribution in [3.8, 4) is 0 Å². The fraction of sp³-hybridized carbons (Fsp3) is 0.500. The molecular weight excluding hydrogens is 358 g/mol. The highest BCUT2D eigenvalue weighted by Gasteiger charge is 2.40. The molecule has 7 nitrogen and oxygen atoms in total. The Morgan fingerprint density at radius 2 is 1.96 bits per heavy atom. The maximum atomic E-state index is 13.0. The van der Waals surface area contributed by atoms with Gasteiger partial charge in [0.1, 0.15) is 6.61 Å². The number of likely N-dealkylation sites (tertiary alicyclic amines) is 1. The summed E-state index contributed by atoms with van der Waals surface area (Å²) in [5.74, 6) is -0.508. The first-order chi connectivity index (χ1) is 12.5. The molecule has 2 saturated heterocycles. The number of nitrogens with one attached hydrogen (secondary N) is 2. The summed E-state index contributed by atoms with van der Waals surface area (Å²) in [4.78, 5) is 37.7. The molecule has 1 aromatic rings. The summed E-state index contributed by atoms with van der Waals surface area (Å²) in [6.45, 7) is 2.41. The van der Waals surface area contributed by atoms with Gasteiger partial charge in [-0.1, -0.05) is 29.8 Å². The number of morpholine rings is 1. The van der Waals surface area contributed by atoms with Gasteiger partial charge in [0.25, 0.3) is 5.91 Å². The fourth-order valence-electron chi connectivity index (χ4n) is 3.45. The minimum Gasteiger partial charge on any atom is -0.356 e. The number of nitrogens with zero attached hydrogens (tertiary/aromatic N) is 1. The summed E-state index contributed by atoms with van der Waals surface area (Å²) in [6.07, 6.45) is 0.576. The molecule has 1 aromatic carbocycles. The van der Waals surface area contributed by atoms with Crippen LogP contribution in [0.4, 0.5) is 0 Å². The van der Waals surface area contributed by atoms with Gasteiger partial charge < -0.3 is 20.3 Å². The lowest BCUT2D eigenvalue weighted by Crippen LogP contribution is -2.55. The lowest BCUT2D eigenvalue weighted by Gasteiger charge is -2.38. The maximum absolute atomic E-state index is 13.0. The number of halogens is 1. The van der Waals surface area contributed by atoms with Gasteiger partial charge in [-0.05, 0) is 24.5 Å². The lowest BCUT2D eigenvalue weighted by molar-refractivity contribution is -0.156. The number of carbonyl (C=O) groups excluding carboxylic acids is 3. The van der Waals surface area contributed by atoms with Crippen molar-refractivity contribution in [2.45, 2.75) is 38.0 Å². The van der Waals surface area contributed by atoms with E-state index in [2.05, 4.69) is 10.6 Å². The van der Waals surface area contributed by atoms with E-state index in [1.165, 1.54) is 6.92 Å². The number of rotatable bonds is 3. The molecule has 2 atom stereocenters. The van der Waals surface area contributed by atoms with Crippen molar-refractivity contribution in [3.05, 3.63) is 34.9 Å². The summed E-state index contributed by atoms with van der Waals surface area (Å²) >= 11 is 6.26. The number of amides is 3. The molecule has 8 heteroatoms. The first kappa shape index (κ1) is 18.7. The van der Waals surface area contributed by atoms with Gasteiger partial charge in [-0.3, -0.25) is 14.4 Å². The van der Waals surface area contributed by atoms with Crippen molar-refractivity contribution >= 4 is 29.3 Å². The second-order valence-corrected chi connectivity index (χ2v) is 7.01. The average Bonchev–Trinajstić information content (AvgIpc) is 2.62. The van der Waals surface area contributed by atoms with Crippen molar-refractivity contribution in [3.63, 3.8) is 0 Å². The van der Waals surface area contributed by atoms with Crippen LogP contribution in [0, 0.1) is 0 Å². The van der Waals surface area contributed by atoms with Crippen molar-refractivity contribution < 1.29 is 19.1 Å². The summed E-state index contributed by atoms with van der Waals surface area (Å²) in [5.41, 5.74) is 0.661. The number of carbonyl (C=O) groups is 3. The minimum absolute atomic E-state index is 0.0631. The van der Waals surface area contributed by atoms with Crippen LogP contribution in [0.1, 0.15) is 31.4 Å². The Morgan fingerprint density at radius 1 is 1.27 bits per heavy atom. The Morgan fingerprint density at radius 3 is 2.62 bits per heavy atom. The van der Waals surface area contributed by atoms with Crippen molar-refractivity contribution in [2.75, 3.05) is 19.7 Å². The number of ether oxygens (including phenoxy) is 1. The van der Waals surface area contributed by atoms with E-state index in [-0.39, 0.29) is 30.4 Å². The third-order valence-corrected chi connectivity index (χ3v) is 5.06. The van der Waals surface area contributed by atoms with Crippen LogP contribution in [0.2, 0.25) is 5.02 Å². The number of hydrogen-bond acceptors (Lipinski definition) is 4. The lowest BCUT2D eigenvalue weighted by atomic mass is 9.97. The largest absolute Gasteiger partial charge is 0.356 e. The van der Waals surface area contributed by atoms with E-state index in [4.69, 9.17) is 16.3 Å². The molecule has 3 amide bonds. The Bertz CT molecular complexity index is 703. The molecule has 2 fully saturated rings. The standard InChI is InChI=1S/C18H22ClN3O4/c1-11(23)20-12-6-8-22(9-7-12)18(25)17-16(21-15(24)10-26-17)13-4-2-3-5-14(13)19/h2-5,12,16-17H,6-10H2,1H3,(H,20,23)(H,21,24)/t16-,17+/m1/s1. The van der Waals surface area contributed by atoms with Gasteiger partial charge in [0.15, 0.2) is 6.10 Å². The summed E-state index contributed by atoms with van der Waals surface area (Å²) < 4.78 is 5.59. The van der Waals surface area contributed by atoms with Gasteiger partial charge in [-0.25, -0.2) is 0 Å². The third-order valence-electron chi connectivity index (χ3n) is 4.71. The molecule has 2 aliphatic heterocycles. The van der Waals surface area contributed by atoms with Gasteiger partial charge in [0, 0.05) is 31.1 Å². The quantitative estimate of drug-likeness (QED) is 0.820. The molecule has 140 valence electrons. The average molecular weight is 380 g/mol. The topological polar surface area (TPSA) is 87.7 Å². The smallest absolute Gasteiger partial charge is 0.254 e. The molecule has 0 aromatic heterocycles. The highest BCUT2D eigenvalue weighted by molar-refractivity contribution is 6.31. The highest BCUT2D eigenvalue weighted by Crippen LogP contribution is 2.30. The molecule has 26 heavy (non-hydrogen) atoms. The first-order valence-electron chi connectivity index (χ1n) is 8.67. The van der Waals surface area contributed by atoms with Crippen LogP contribution >= 0.6 is 11.6 Å². The van der Waals surface area contributed by atoms with E-state index in [0.29, 0.717) is 36.5 Å². The normalized spacial score (nSPS) is 24.1. The summed E-state index contributed by atoms with van der Waals surface area (Å²) in [7, 11) is 0. The van der Waals surface area contributed by atoms with Crippen LogP contribution in [0.15, 0.2) is 24.3 Å². The molecule has 3 rings (SSSR count). The van der Waals surface area contributed by atoms with Gasteiger partial charge in [-0.2, -0.15) is 0 Å². The molecular formula is C18H22ClN3O4. The zero-order valence-corrected chi connectivity index (χ0v) is 15.3. The molecule has 0 aliphatic carbocycles. The Labute approximate surface area is 157 Å². The molecule has 2 aliphatic rings. The zero-order chi connectivity index (χ0) is 18.7. The molecule has 0 unspecified atom stereocenters. The summed E-state index contributed by atoms with van der Waals surface area (Å²) in [6, 6.07) is 6.57. The fourth-order valence-corrected chi connectivity index (χ4v) is 3.70. The monoisotopic (exact) mass is 379 g/mol.